The minimum atomic E-state index is -0.243. The van der Waals surface area contributed by atoms with E-state index < -0.39 is 0 Å². The number of carbonyl (C=O) groups excluding carboxylic acids is 3. The van der Waals surface area contributed by atoms with E-state index in [-0.39, 0.29) is 29.6 Å². The zero-order valence-electron chi connectivity index (χ0n) is 13.7. The van der Waals surface area contributed by atoms with Crippen molar-refractivity contribution in [2.75, 3.05) is 6.54 Å². The summed E-state index contributed by atoms with van der Waals surface area (Å²) in [7, 11) is 0. The maximum absolute atomic E-state index is 12.3. The number of hydrogen-bond acceptors (Lipinski definition) is 5. The molecule has 0 bridgehead atoms. The molecule has 2 aliphatic heterocycles. The van der Waals surface area contributed by atoms with Crippen LogP contribution < -0.4 is 0 Å². The molecule has 3 rings (SSSR count). The summed E-state index contributed by atoms with van der Waals surface area (Å²) >= 11 is 0. The lowest BCUT2D eigenvalue weighted by molar-refractivity contribution is -0.179. The van der Waals surface area contributed by atoms with Crippen LogP contribution in [0, 0.1) is 11.8 Å². The summed E-state index contributed by atoms with van der Waals surface area (Å²) in [4.78, 5) is 42.3. The molecule has 2 heterocycles. The largest absolute Gasteiger partial charge is 0.336 e. The van der Waals surface area contributed by atoms with Crippen molar-refractivity contribution in [2.24, 2.45) is 11.8 Å². The fraction of sp³-hybridized carbons (Fsp3) is 0.500. The van der Waals surface area contributed by atoms with Gasteiger partial charge in [-0.25, -0.2) is 4.79 Å². The van der Waals surface area contributed by atoms with E-state index in [2.05, 4.69) is 13.2 Å². The predicted molar refractivity (Wildman–Crippen MR) is 86.8 cm³/mol. The van der Waals surface area contributed by atoms with Crippen molar-refractivity contribution in [1.82, 2.24) is 9.96 Å². The Bertz CT molecular complexity index is 595. The topological polar surface area (TPSA) is 66.9 Å². The quantitative estimate of drug-likeness (QED) is 0.740. The molecule has 0 aromatic rings. The Balaban J connectivity index is 1.47. The first-order valence-electron chi connectivity index (χ1n) is 8.36. The average Bonchev–Trinajstić information content (AvgIpc) is 3.05. The third-order valence-electron chi connectivity index (χ3n) is 4.98. The molecule has 0 unspecified atom stereocenters. The smallest absolute Gasteiger partial charge is 0.335 e. The number of amides is 2. The van der Waals surface area contributed by atoms with Gasteiger partial charge in [0.2, 0.25) is 0 Å². The Labute approximate surface area is 141 Å². The fourth-order valence-electron chi connectivity index (χ4n) is 3.46. The molecule has 3 aliphatic rings. The molecule has 6 nitrogen and oxygen atoms in total. The molecule has 2 fully saturated rings. The lowest BCUT2D eigenvalue weighted by Crippen LogP contribution is -2.37. The molecule has 128 valence electrons. The van der Waals surface area contributed by atoms with Crippen molar-refractivity contribution in [1.29, 1.82) is 0 Å². The molecule has 0 N–H and O–H groups in total. The summed E-state index contributed by atoms with van der Waals surface area (Å²) in [5.74, 6) is -0.628. The van der Waals surface area contributed by atoms with Crippen LogP contribution in [0.2, 0.25) is 0 Å². The van der Waals surface area contributed by atoms with Gasteiger partial charge >= 0.3 is 5.97 Å². The molecule has 0 aromatic heterocycles. The van der Waals surface area contributed by atoms with Crippen LogP contribution in [0.5, 0.6) is 0 Å². The summed E-state index contributed by atoms with van der Waals surface area (Å²) in [5.41, 5.74) is 1.53. The second-order valence-electron chi connectivity index (χ2n) is 6.68. The van der Waals surface area contributed by atoms with Gasteiger partial charge in [0.05, 0.1) is 17.3 Å². The number of imide groups is 1. The summed E-state index contributed by atoms with van der Waals surface area (Å²) in [5, 5.41) is 1.46. The first-order valence-corrected chi connectivity index (χ1v) is 8.36. The highest BCUT2D eigenvalue weighted by Crippen LogP contribution is 2.33. The van der Waals surface area contributed by atoms with Gasteiger partial charge < -0.3 is 4.84 Å². The van der Waals surface area contributed by atoms with Crippen molar-refractivity contribution in [2.45, 2.75) is 38.5 Å². The highest BCUT2D eigenvalue weighted by molar-refractivity contribution is 6.12. The third-order valence-corrected chi connectivity index (χ3v) is 4.98. The van der Waals surface area contributed by atoms with Crippen molar-refractivity contribution in [3.63, 3.8) is 0 Å². The van der Waals surface area contributed by atoms with Crippen LogP contribution >= 0.6 is 0 Å². The maximum Gasteiger partial charge on any atom is 0.335 e. The predicted octanol–water partition coefficient (Wildman–Crippen LogP) is 2.30. The number of hydrogen-bond donors (Lipinski definition) is 0. The normalized spacial score (nSPS) is 27.3. The molecule has 0 radical (unpaired) electrons. The summed E-state index contributed by atoms with van der Waals surface area (Å²) < 4.78 is 0. The van der Waals surface area contributed by atoms with E-state index in [4.69, 9.17) is 4.84 Å². The van der Waals surface area contributed by atoms with Crippen LogP contribution in [0.1, 0.15) is 38.5 Å². The summed E-state index contributed by atoms with van der Waals surface area (Å²) in [6.07, 6.45) is 7.18. The first-order chi connectivity index (χ1) is 11.5. The van der Waals surface area contributed by atoms with Crippen LogP contribution in [-0.4, -0.2) is 34.3 Å². The minimum Gasteiger partial charge on any atom is -0.336 e. The van der Waals surface area contributed by atoms with Crippen LogP contribution in [-0.2, 0) is 19.2 Å². The van der Waals surface area contributed by atoms with Gasteiger partial charge in [0.25, 0.3) is 11.8 Å². The Hall–Kier alpha value is -2.37. The number of hydroxylamine groups is 2. The zero-order chi connectivity index (χ0) is 17.3. The van der Waals surface area contributed by atoms with Crippen molar-refractivity contribution < 1.29 is 19.2 Å². The molecule has 6 heteroatoms. The lowest BCUT2D eigenvalue weighted by atomic mass is 9.82. The molecule has 0 aromatic carbocycles. The molecular weight excluding hydrogens is 308 g/mol. The summed E-state index contributed by atoms with van der Waals surface area (Å²) in [6, 6.07) is 0. The van der Waals surface area contributed by atoms with Crippen LogP contribution in [0.25, 0.3) is 0 Å². The Morgan fingerprint density at radius 3 is 2.12 bits per heavy atom. The molecule has 1 saturated heterocycles. The Kier molecular flexibility index (Phi) is 4.55. The number of allylic oxidation sites excluding steroid dienone is 2. The highest BCUT2D eigenvalue weighted by atomic mass is 16.7. The molecule has 2 amide bonds. The number of nitrogens with zero attached hydrogens (tertiary/aromatic N) is 2. The van der Waals surface area contributed by atoms with Crippen LogP contribution in [0.3, 0.4) is 0 Å². The van der Waals surface area contributed by atoms with E-state index >= 15 is 0 Å². The van der Waals surface area contributed by atoms with Gasteiger partial charge in [0, 0.05) is 18.7 Å². The standard InChI is InChI=1S/C18H22N2O4/c1-12-3-4-13(2)20(12)24-18(23)15-7-5-14(6-8-15)11-19-16(21)9-10-17(19)22/h9-10,14-15H,1-8,11H2. The number of carbonyl (C=O) groups is 3. The van der Waals surface area contributed by atoms with E-state index in [9.17, 15) is 14.4 Å². The Morgan fingerprint density at radius 2 is 1.58 bits per heavy atom. The fourth-order valence-corrected chi connectivity index (χ4v) is 3.46. The maximum atomic E-state index is 12.3. The zero-order valence-corrected chi connectivity index (χ0v) is 13.7. The molecule has 0 atom stereocenters. The van der Waals surface area contributed by atoms with Gasteiger partial charge in [-0.2, -0.15) is 5.06 Å². The first kappa shape index (κ1) is 16.5. The second-order valence-corrected chi connectivity index (χ2v) is 6.68. The van der Waals surface area contributed by atoms with Gasteiger partial charge in [-0.05, 0) is 44.4 Å². The molecule has 1 aliphatic carbocycles. The minimum absolute atomic E-state index is 0.148. The van der Waals surface area contributed by atoms with Crippen molar-refractivity contribution >= 4 is 17.8 Å². The molecule has 24 heavy (non-hydrogen) atoms. The lowest BCUT2D eigenvalue weighted by Gasteiger charge is -2.30. The SMILES string of the molecule is C=C1CCC(=C)N1OC(=O)C1CCC(CN2C(=O)C=CC2=O)CC1. The van der Waals surface area contributed by atoms with Crippen LogP contribution in [0.15, 0.2) is 36.7 Å². The molecular formula is C18H22N2O4. The van der Waals surface area contributed by atoms with Gasteiger partial charge in [0.1, 0.15) is 0 Å². The van der Waals surface area contributed by atoms with Crippen molar-refractivity contribution in [3.8, 4) is 0 Å². The van der Waals surface area contributed by atoms with Gasteiger partial charge in [-0.15, -0.1) is 0 Å². The molecule has 0 spiro atoms. The van der Waals surface area contributed by atoms with E-state index in [1.54, 1.807) is 0 Å². The monoisotopic (exact) mass is 330 g/mol. The Morgan fingerprint density at radius 1 is 1.04 bits per heavy atom. The summed E-state index contributed by atoms with van der Waals surface area (Å²) in [6.45, 7) is 8.20. The van der Waals surface area contributed by atoms with Crippen LogP contribution in [0.4, 0.5) is 0 Å². The van der Waals surface area contributed by atoms with E-state index in [0.29, 0.717) is 19.4 Å². The van der Waals surface area contributed by atoms with Gasteiger partial charge in [-0.1, -0.05) is 13.2 Å². The average molecular weight is 330 g/mol. The molecule has 1 saturated carbocycles. The van der Waals surface area contributed by atoms with E-state index in [1.807, 2.05) is 0 Å². The van der Waals surface area contributed by atoms with E-state index in [1.165, 1.54) is 22.1 Å². The van der Waals surface area contributed by atoms with Gasteiger partial charge in [0.15, 0.2) is 0 Å². The van der Waals surface area contributed by atoms with E-state index in [0.717, 1.165) is 37.1 Å². The third kappa shape index (κ3) is 3.27. The number of rotatable bonds is 4. The van der Waals surface area contributed by atoms with Gasteiger partial charge in [-0.3, -0.25) is 14.5 Å². The highest BCUT2D eigenvalue weighted by Gasteiger charge is 2.33. The second kappa shape index (κ2) is 6.63. The van der Waals surface area contributed by atoms with Crippen molar-refractivity contribution in [3.05, 3.63) is 36.7 Å².